The molecule has 1 atom stereocenters. The number of aromatic nitrogens is 2. The van der Waals surface area contributed by atoms with Crippen LogP contribution in [0.2, 0.25) is 0 Å². The van der Waals surface area contributed by atoms with Gasteiger partial charge in [-0.1, -0.05) is 13.8 Å². The maximum atomic E-state index is 12.8. The lowest BCUT2D eigenvalue weighted by atomic mass is 9.76. The molecule has 1 aromatic rings. The van der Waals surface area contributed by atoms with Crippen LogP contribution in [0.5, 0.6) is 11.8 Å². The van der Waals surface area contributed by atoms with Gasteiger partial charge in [-0.25, -0.2) is 9.97 Å². The molecule has 6 nitrogen and oxygen atoms in total. The molecule has 0 N–H and O–H groups in total. The van der Waals surface area contributed by atoms with Gasteiger partial charge in [0, 0.05) is 31.3 Å². The average molecular weight is 347 g/mol. The van der Waals surface area contributed by atoms with Crippen molar-refractivity contribution >= 4 is 5.91 Å². The number of carbonyl (C=O) groups is 1. The lowest BCUT2D eigenvalue weighted by Crippen LogP contribution is -2.37. The van der Waals surface area contributed by atoms with Crippen LogP contribution in [0, 0.1) is 17.8 Å². The van der Waals surface area contributed by atoms with E-state index >= 15 is 0 Å². The third kappa shape index (κ3) is 4.22. The molecule has 1 unspecified atom stereocenters. The van der Waals surface area contributed by atoms with E-state index in [9.17, 15) is 4.79 Å². The van der Waals surface area contributed by atoms with Crippen molar-refractivity contribution < 1.29 is 14.3 Å². The smallest absolute Gasteiger partial charge is 0.278 e. The molecule has 2 fully saturated rings. The van der Waals surface area contributed by atoms with Gasteiger partial charge in [0.15, 0.2) is 0 Å². The highest BCUT2D eigenvalue weighted by Gasteiger charge is 2.34. The third-order valence-electron chi connectivity index (χ3n) is 5.63. The number of likely N-dealkylation sites (tertiary alicyclic amines) is 1. The molecule has 6 heteroatoms. The van der Waals surface area contributed by atoms with Gasteiger partial charge in [0.05, 0.1) is 13.7 Å². The van der Waals surface area contributed by atoms with Gasteiger partial charge in [-0.3, -0.25) is 4.79 Å². The van der Waals surface area contributed by atoms with Crippen LogP contribution in [0.3, 0.4) is 0 Å². The molecular formula is C19H29N3O3. The summed E-state index contributed by atoms with van der Waals surface area (Å²) in [6.45, 7) is 5.96. The van der Waals surface area contributed by atoms with Crippen molar-refractivity contribution in [2.75, 3.05) is 20.2 Å². The number of hydrogen-bond acceptors (Lipinski definition) is 5. The Morgan fingerprint density at radius 1 is 1.12 bits per heavy atom. The van der Waals surface area contributed by atoms with Crippen molar-refractivity contribution in [3.63, 3.8) is 0 Å². The van der Waals surface area contributed by atoms with Gasteiger partial charge in [-0.2, -0.15) is 0 Å². The SMILES string of the molecule is COc1nccnc1OC1CCN(C(=O)C2CCC(C(C)C)CC2)C1. The lowest BCUT2D eigenvalue weighted by molar-refractivity contribution is -0.136. The molecule has 1 aliphatic heterocycles. The van der Waals surface area contributed by atoms with E-state index in [1.54, 1.807) is 19.5 Å². The molecule has 138 valence electrons. The van der Waals surface area contributed by atoms with Gasteiger partial charge in [-0.15, -0.1) is 0 Å². The highest BCUT2D eigenvalue weighted by Crippen LogP contribution is 2.35. The van der Waals surface area contributed by atoms with E-state index in [4.69, 9.17) is 9.47 Å². The Morgan fingerprint density at radius 2 is 1.80 bits per heavy atom. The maximum absolute atomic E-state index is 12.8. The topological polar surface area (TPSA) is 64.6 Å². The van der Waals surface area contributed by atoms with Crippen LogP contribution in [-0.4, -0.2) is 47.1 Å². The van der Waals surface area contributed by atoms with Crippen LogP contribution in [-0.2, 0) is 4.79 Å². The number of amides is 1. The van der Waals surface area contributed by atoms with Crippen molar-refractivity contribution in [3.8, 4) is 11.8 Å². The summed E-state index contributed by atoms with van der Waals surface area (Å²) in [5.41, 5.74) is 0. The molecule has 1 saturated heterocycles. The minimum Gasteiger partial charge on any atom is -0.477 e. The van der Waals surface area contributed by atoms with Crippen LogP contribution >= 0.6 is 0 Å². The van der Waals surface area contributed by atoms with E-state index in [2.05, 4.69) is 23.8 Å². The minimum atomic E-state index is -0.0402. The Bertz CT molecular complexity index is 585. The lowest BCUT2D eigenvalue weighted by Gasteiger charge is -2.32. The average Bonchev–Trinajstić information content (AvgIpc) is 3.10. The van der Waals surface area contributed by atoms with E-state index in [0.717, 1.165) is 37.6 Å². The fourth-order valence-corrected chi connectivity index (χ4v) is 4.01. The number of hydrogen-bond donors (Lipinski definition) is 0. The largest absolute Gasteiger partial charge is 0.477 e. The standard InChI is InChI=1S/C19H29N3O3/c1-13(2)14-4-6-15(7-5-14)19(23)22-11-8-16(12-22)25-18-17(24-3)20-9-10-21-18/h9-10,13-16H,4-8,11-12H2,1-3H3. The van der Waals surface area contributed by atoms with Crippen LogP contribution in [0.25, 0.3) is 0 Å². The van der Waals surface area contributed by atoms with Gasteiger partial charge in [0.2, 0.25) is 5.91 Å². The second-order valence-corrected chi connectivity index (χ2v) is 7.54. The van der Waals surface area contributed by atoms with E-state index in [-0.39, 0.29) is 12.0 Å². The molecular weight excluding hydrogens is 318 g/mol. The zero-order chi connectivity index (χ0) is 17.8. The first kappa shape index (κ1) is 18.0. The molecule has 25 heavy (non-hydrogen) atoms. The summed E-state index contributed by atoms with van der Waals surface area (Å²) in [6.07, 6.45) is 8.36. The zero-order valence-corrected chi connectivity index (χ0v) is 15.5. The van der Waals surface area contributed by atoms with E-state index in [1.807, 2.05) is 4.90 Å². The Kier molecular flexibility index (Phi) is 5.76. The molecule has 1 amide bonds. The third-order valence-corrected chi connectivity index (χ3v) is 5.63. The fraction of sp³-hybridized carbons (Fsp3) is 0.737. The number of rotatable bonds is 5. The van der Waals surface area contributed by atoms with Crippen molar-refractivity contribution in [1.82, 2.24) is 14.9 Å². The van der Waals surface area contributed by atoms with Crippen molar-refractivity contribution in [2.45, 2.75) is 52.1 Å². The Balaban J connectivity index is 1.52. The van der Waals surface area contributed by atoms with Gasteiger partial charge in [-0.05, 0) is 37.5 Å². The van der Waals surface area contributed by atoms with E-state index in [0.29, 0.717) is 24.2 Å². The van der Waals surface area contributed by atoms with Gasteiger partial charge in [0.25, 0.3) is 11.8 Å². The van der Waals surface area contributed by atoms with Gasteiger partial charge in [0.1, 0.15) is 6.10 Å². The number of nitrogens with zero attached hydrogens (tertiary/aromatic N) is 3. The van der Waals surface area contributed by atoms with Crippen LogP contribution in [0.4, 0.5) is 0 Å². The molecule has 1 saturated carbocycles. The zero-order valence-electron chi connectivity index (χ0n) is 15.5. The van der Waals surface area contributed by atoms with Crippen molar-refractivity contribution in [3.05, 3.63) is 12.4 Å². The molecule has 0 spiro atoms. The van der Waals surface area contributed by atoms with E-state index in [1.165, 1.54) is 12.8 Å². The summed E-state index contributed by atoms with van der Waals surface area (Å²) < 4.78 is 11.1. The summed E-state index contributed by atoms with van der Waals surface area (Å²) in [5, 5.41) is 0. The quantitative estimate of drug-likeness (QED) is 0.819. The first-order valence-electron chi connectivity index (χ1n) is 9.39. The number of methoxy groups -OCH3 is 1. The van der Waals surface area contributed by atoms with E-state index < -0.39 is 0 Å². The van der Waals surface area contributed by atoms with Crippen LogP contribution in [0.1, 0.15) is 46.0 Å². The second-order valence-electron chi connectivity index (χ2n) is 7.54. The second kappa shape index (κ2) is 8.02. The first-order valence-corrected chi connectivity index (χ1v) is 9.39. The number of carbonyl (C=O) groups excluding carboxylic acids is 1. The Morgan fingerprint density at radius 3 is 2.44 bits per heavy atom. The summed E-state index contributed by atoms with van der Waals surface area (Å²) >= 11 is 0. The predicted molar refractivity (Wildman–Crippen MR) is 94.5 cm³/mol. The first-order chi connectivity index (χ1) is 12.1. The van der Waals surface area contributed by atoms with Crippen molar-refractivity contribution in [1.29, 1.82) is 0 Å². The summed E-state index contributed by atoms with van der Waals surface area (Å²) in [5.74, 6) is 2.80. The Labute approximate surface area is 149 Å². The molecule has 3 rings (SSSR count). The van der Waals surface area contributed by atoms with Gasteiger partial charge >= 0.3 is 0 Å². The molecule has 2 heterocycles. The number of ether oxygens (including phenoxy) is 2. The van der Waals surface area contributed by atoms with Gasteiger partial charge < -0.3 is 14.4 Å². The molecule has 2 aliphatic rings. The summed E-state index contributed by atoms with van der Waals surface area (Å²) in [7, 11) is 1.55. The van der Waals surface area contributed by atoms with Crippen LogP contribution in [0.15, 0.2) is 12.4 Å². The highest BCUT2D eigenvalue weighted by molar-refractivity contribution is 5.79. The van der Waals surface area contributed by atoms with Crippen molar-refractivity contribution in [2.24, 2.45) is 17.8 Å². The fourth-order valence-electron chi connectivity index (χ4n) is 4.01. The molecule has 1 aliphatic carbocycles. The molecule has 0 bridgehead atoms. The molecule has 0 aromatic carbocycles. The highest BCUT2D eigenvalue weighted by atomic mass is 16.5. The maximum Gasteiger partial charge on any atom is 0.278 e. The van der Waals surface area contributed by atoms with Crippen LogP contribution < -0.4 is 9.47 Å². The molecule has 1 aromatic heterocycles. The normalized spacial score (nSPS) is 26.7. The summed E-state index contributed by atoms with van der Waals surface area (Å²) in [4.78, 5) is 23.1. The minimum absolute atomic E-state index is 0.0402. The predicted octanol–water partition coefficient (Wildman–Crippen LogP) is 2.93. The Hall–Kier alpha value is -1.85. The monoisotopic (exact) mass is 347 g/mol. The molecule has 0 radical (unpaired) electrons. The summed E-state index contributed by atoms with van der Waals surface area (Å²) in [6, 6.07) is 0.